The van der Waals surface area contributed by atoms with Gasteiger partial charge < -0.3 is 20.7 Å². The number of carbonyl (C=O) groups excluding carboxylic acids is 2. The standard InChI is InChI=1S/C23H29N3O3S/c1-29-18-12-10-17(11-13-18)20-8-3-2-6-14-26(20)15-23(28)25-19-7-4-5-9-21(19)30-16-22(24)27/h4-5,7,9-13,20H,2-3,6,8,14-16H2,1H3,(H2,24,27)(H,25,28)/p+1/t20-/m1/s1. The molecule has 0 aromatic heterocycles. The van der Waals surface area contributed by atoms with Crippen LogP contribution in [-0.4, -0.2) is 37.8 Å². The fourth-order valence-electron chi connectivity index (χ4n) is 3.95. The van der Waals surface area contributed by atoms with Crippen molar-refractivity contribution in [1.29, 1.82) is 0 Å². The summed E-state index contributed by atoms with van der Waals surface area (Å²) in [6.07, 6.45) is 4.57. The van der Waals surface area contributed by atoms with Gasteiger partial charge in [-0.3, -0.25) is 9.59 Å². The van der Waals surface area contributed by atoms with Crippen LogP contribution in [0, 0.1) is 0 Å². The molecule has 6 nitrogen and oxygen atoms in total. The van der Waals surface area contributed by atoms with Gasteiger partial charge >= 0.3 is 0 Å². The van der Waals surface area contributed by atoms with Crippen LogP contribution in [0.1, 0.15) is 37.3 Å². The van der Waals surface area contributed by atoms with Crippen molar-refractivity contribution in [2.75, 3.05) is 31.3 Å². The van der Waals surface area contributed by atoms with Gasteiger partial charge in [0.2, 0.25) is 5.91 Å². The number of ether oxygens (including phenoxy) is 1. The van der Waals surface area contributed by atoms with E-state index in [0.717, 1.165) is 35.7 Å². The lowest BCUT2D eigenvalue weighted by molar-refractivity contribution is -0.923. The highest BCUT2D eigenvalue weighted by Crippen LogP contribution is 2.27. The Hall–Kier alpha value is -2.51. The molecule has 1 fully saturated rings. The second-order valence-electron chi connectivity index (χ2n) is 7.56. The highest BCUT2D eigenvalue weighted by atomic mass is 32.2. The van der Waals surface area contributed by atoms with Crippen molar-refractivity contribution >= 4 is 29.3 Å². The highest BCUT2D eigenvalue weighted by Gasteiger charge is 2.28. The molecule has 30 heavy (non-hydrogen) atoms. The number of methoxy groups -OCH3 is 1. The topological polar surface area (TPSA) is 85.9 Å². The van der Waals surface area contributed by atoms with Crippen LogP contribution >= 0.6 is 11.8 Å². The summed E-state index contributed by atoms with van der Waals surface area (Å²) in [4.78, 5) is 26.2. The molecule has 1 unspecified atom stereocenters. The SMILES string of the molecule is COc1ccc([C@H]2CCCCC[NH+]2CC(=O)Nc2ccccc2SCC(N)=O)cc1. The van der Waals surface area contributed by atoms with Gasteiger partial charge in [-0.15, -0.1) is 11.8 Å². The number of anilines is 1. The number of nitrogens with two attached hydrogens (primary N) is 1. The predicted molar refractivity (Wildman–Crippen MR) is 120 cm³/mol. The summed E-state index contributed by atoms with van der Waals surface area (Å²) in [5, 5.41) is 3.04. The second kappa shape index (κ2) is 11.0. The van der Waals surface area contributed by atoms with Gasteiger partial charge in [0, 0.05) is 16.9 Å². The lowest BCUT2D eigenvalue weighted by Gasteiger charge is -2.27. The van der Waals surface area contributed by atoms with E-state index in [4.69, 9.17) is 10.5 Å². The second-order valence-corrected chi connectivity index (χ2v) is 8.58. The zero-order valence-electron chi connectivity index (χ0n) is 17.4. The zero-order chi connectivity index (χ0) is 21.3. The van der Waals surface area contributed by atoms with Crippen molar-refractivity contribution in [3.8, 4) is 5.75 Å². The number of quaternary nitrogens is 1. The lowest BCUT2D eigenvalue weighted by atomic mass is 10.0. The molecule has 1 aliphatic heterocycles. The van der Waals surface area contributed by atoms with Gasteiger partial charge in [-0.05, 0) is 55.7 Å². The van der Waals surface area contributed by atoms with Crippen LogP contribution in [0.25, 0.3) is 0 Å². The first-order valence-electron chi connectivity index (χ1n) is 10.4. The van der Waals surface area contributed by atoms with Gasteiger partial charge in [-0.25, -0.2) is 0 Å². The number of benzene rings is 2. The average molecular weight is 429 g/mol. The van der Waals surface area contributed by atoms with Gasteiger partial charge in [0.25, 0.3) is 5.91 Å². The van der Waals surface area contributed by atoms with Crippen LogP contribution in [0.2, 0.25) is 0 Å². The first-order chi connectivity index (χ1) is 14.6. The largest absolute Gasteiger partial charge is 0.497 e. The van der Waals surface area contributed by atoms with E-state index in [1.54, 1.807) is 7.11 Å². The minimum atomic E-state index is -0.377. The summed E-state index contributed by atoms with van der Waals surface area (Å²) in [7, 11) is 1.67. The zero-order valence-corrected chi connectivity index (χ0v) is 18.2. The quantitative estimate of drug-likeness (QED) is 0.564. The van der Waals surface area contributed by atoms with Crippen LogP contribution in [0.5, 0.6) is 5.75 Å². The van der Waals surface area contributed by atoms with Crippen molar-refractivity contribution in [3.05, 3.63) is 54.1 Å². The number of primary amides is 1. The summed E-state index contributed by atoms with van der Waals surface area (Å²) in [5.41, 5.74) is 7.23. The smallest absolute Gasteiger partial charge is 0.279 e. The maximum atomic E-state index is 12.9. The number of carbonyl (C=O) groups is 2. The van der Waals surface area contributed by atoms with Crippen molar-refractivity contribution in [1.82, 2.24) is 0 Å². The molecule has 0 aliphatic carbocycles. The minimum Gasteiger partial charge on any atom is -0.497 e. The van der Waals surface area contributed by atoms with E-state index in [2.05, 4.69) is 17.4 Å². The first kappa shape index (κ1) is 22.2. The minimum absolute atomic E-state index is 0.0162. The van der Waals surface area contributed by atoms with Crippen LogP contribution < -0.4 is 20.7 Å². The van der Waals surface area contributed by atoms with E-state index >= 15 is 0 Å². The molecule has 0 bridgehead atoms. The third-order valence-corrected chi connectivity index (χ3v) is 6.52. The molecule has 0 spiro atoms. The van der Waals surface area contributed by atoms with Crippen LogP contribution in [0.4, 0.5) is 5.69 Å². The summed E-state index contributed by atoms with van der Waals surface area (Å²) in [6, 6.07) is 16.0. The summed E-state index contributed by atoms with van der Waals surface area (Å²) < 4.78 is 5.28. The molecule has 0 radical (unpaired) electrons. The van der Waals surface area contributed by atoms with Gasteiger partial charge in [-0.2, -0.15) is 0 Å². The maximum Gasteiger partial charge on any atom is 0.279 e. The molecule has 1 aliphatic rings. The van der Waals surface area contributed by atoms with E-state index in [1.165, 1.54) is 35.1 Å². The van der Waals surface area contributed by atoms with Crippen molar-refractivity contribution in [3.63, 3.8) is 0 Å². The number of rotatable bonds is 8. The highest BCUT2D eigenvalue weighted by molar-refractivity contribution is 8.00. The molecular weight excluding hydrogens is 398 g/mol. The van der Waals surface area contributed by atoms with Gasteiger partial charge in [0.15, 0.2) is 6.54 Å². The number of hydrogen-bond acceptors (Lipinski definition) is 4. The number of hydrogen-bond donors (Lipinski definition) is 3. The monoisotopic (exact) mass is 428 g/mol. The van der Waals surface area contributed by atoms with Gasteiger partial charge in [-0.1, -0.05) is 12.1 Å². The Morgan fingerprint density at radius 2 is 1.90 bits per heavy atom. The Labute approximate surface area is 182 Å². The fourth-order valence-corrected chi connectivity index (χ4v) is 4.70. The molecule has 2 atom stereocenters. The fraction of sp³-hybridized carbons (Fsp3) is 0.391. The number of amides is 2. The summed E-state index contributed by atoms with van der Waals surface area (Å²) in [6.45, 7) is 1.38. The molecule has 1 saturated heterocycles. The Kier molecular flexibility index (Phi) is 8.16. The summed E-state index contributed by atoms with van der Waals surface area (Å²) >= 11 is 1.34. The molecule has 2 aromatic rings. The third kappa shape index (κ3) is 6.24. The molecular formula is C23H30N3O3S+. The van der Waals surface area contributed by atoms with Crippen molar-refractivity contribution < 1.29 is 19.2 Å². The predicted octanol–water partition coefficient (Wildman–Crippen LogP) is 2.41. The molecule has 4 N–H and O–H groups in total. The summed E-state index contributed by atoms with van der Waals surface area (Å²) in [5.74, 6) is 0.635. The Morgan fingerprint density at radius 1 is 1.13 bits per heavy atom. The van der Waals surface area contributed by atoms with E-state index < -0.39 is 0 Å². The Balaban J connectivity index is 1.69. The van der Waals surface area contributed by atoms with Gasteiger partial charge in [0.1, 0.15) is 11.8 Å². The normalized spacial score (nSPS) is 19.0. The van der Waals surface area contributed by atoms with Crippen LogP contribution in [0.15, 0.2) is 53.4 Å². The van der Waals surface area contributed by atoms with E-state index in [0.29, 0.717) is 12.6 Å². The average Bonchev–Trinajstić information content (AvgIpc) is 2.98. The molecule has 2 aromatic carbocycles. The molecule has 160 valence electrons. The number of nitrogens with one attached hydrogen (secondary N) is 2. The van der Waals surface area contributed by atoms with E-state index in [-0.39, 0.29) is 17.6 Å². The molecule has 0 saturated carbocycles. The van der Waals surface area contributed by atoms with Crippen molar-refractivity contribution in [2.45, 2.75) is 36.6 Å². The molecule has 7 heteroatoms. The van der Waals surface area contributed by atoms with Crippen LogP contribution in [0.3, 0.4) is 0 Å². The number of likely N-dealkylation sites (tertiary alicyclic amines) is 1. The Morgan fingerprint density at radius 3 is 2.63 bits per heavy atom. The number of thioether (sulfide) groups is 1. The third-order valence-electron chi connectivity index (χ3n) is 5.42. The molecule has 3 rings (SSSR count). The maximum absolute atomic E-state index is 12.9. The first-order valence-corrected chi connectivity index (χ1v) is 11.3. The van der Waals surface area contributed by atoms with Crippen LogP contribution in [-0.2, 0) is 9.59 Å². The van der Waals surface area contributed by atoms with Gasteiger partial charge in [0.05, 0.1) is 25.1 Å². The molecule has 2 amide bonds. The lowest BCUT2D eigenvalue weighted by Crippen LogP contribution is -3.13. The van der Waals surface area contributed by atoms with E-state index in [9.17, 15) is 9.59 Å². The number of para-hydroxylation sites is 1. The molecule has 1 heterocycles. The van der Waals surface area contributed by atoms with Crippen molar-refractivity contribution in [2.24, 2.45) is 5.73 Å². The Bertz CT molecular complexity index is 857. The van der Waals surface area contributed by atoms with E-state index in [1.807, 2.05) is 36.4 Å².